The van der Waals surface area contributed by atoms with Crippen LogP contribution in [0.4, 0.5) is 0 Å². The molecule has 2 aliphatic rings. The highest BCUT2D eigenvalue weighted by Crippen LogP contribution is 2.32. The molecule has 0 spiro atoms. The fourth-order valence-electron chi connectivity index (χ4n) is 3.46. The zero-order chi connectivity index (χ0) is 18.7. The highest BCUT2D eigenvalue weighted by molar-refractivity contribution is 5.82. The van der Waals surface area contributed by atoms with Gasteiger partial charge in [0.15, 0.2) is 6.10 Å². The Labute approximate surface area is 156 Å². The number of hydrogen-bond donors (Lipinski definition) is 1. The first-order valence-electron chi connectivity index (χ1n) is 9.80. The van der Waals surface area contributed by atoms with Crippen LogP contribution in [0, 0.1) is 5.92 Å². The minimum atomic E-state index is -0.541. The maximum absolute atomic E-state index is 12.5. The average molecular weight is 358 g/mol. The molecular weight excluding hydrogens is 328 g/mol. The standard InChI is InChI=1S/C21H30N2O3/c1-14(2)18-6-4-5-7-19(18)26-15(3)20(24)22-17-10-12-23(13-11-17)21(25)16-8-9-16/h4-7,14-17H,8-13H2,1-3H3,(H,22,24). The number of ether oxygens (including phenoxy) is 1. The van der Waals surface area contributed by atoms with Gasteiger partial charge in [-0.1, -0.05) is 32.0 Å². The van der Waals surface area contributed by atoms with Crippen LogP contribution in [-0.2, 0) is 9.59 Å². The number of nitrogens with one attached hydrogen (secondary N) is 1. The molecule has 5 heteroatoms. The lowest BCUT2D eigenvalue weighted by Gasteiger charge is -2.33. The number of amides is 2. The second-order valence-corrected chi connectivity index (χ2v) is 7.84. The number of piperidine rings is 1. The Morgan fingerprint density at radius 3 is 2.35 bits per heavy atom. The van der Waals surface area contributed by atoms with Crippen LogP contribution in [0.2, 0.25) is 0 Å². The van der Waals surface area contributed by atoms with Crippen molar-refractivity contribution >= 4 is 11.8 Å². The molecule has 26 heavy (non-hydrogen) atoms. The van der Waals surface area contributed by atoms with Crippen LogP contribution in [0.5, 0.6) is 5.75 Å². The third-order valence-corrected chi connectivity index (χ3v) is 5.29. The SMILES string of the molecule is CC(Oc1ccccc1C(C)C)C(=O)NC1CCN(C(=O)C2CC2)CC1. The first-order valence-corrected chi connectivity index (χ1v) is 9.80. The summed E-state index contributed by atoms with van der Waals surface area (Å²) in [6.07, 6.45) is 3.18. The molecule has 1 heterocycles. The van der Waals surface area contributed by atoms with Gasteiger partial charge >= 0.3 is 0 Å². The molecule has 2 amide bonds. The van der Waals surface area contributed by atoms with E-state index in [1.807, 2.05) is 29.2 Å². The van der Waals surface area contributed by atoms with E-state index in [0.29, 0.717) is 11.8 Å². The van der Waals surface area contributed by atoms with Crippen LogP contribution in [0.15, 0.2) is 24.3 Å². The van der Waals surface area contributed by atoms with Gasteiger partial charge in [0.1, 0.15) is 5.75 Å². The van der Waals surface area contributed by atoms with Gasteiger partial charge in [-0.3, -0.25) is 9.59 Å². The summed E-state index contributed by atoms with van der Waals surface area (Å²) in [6.45, 7) is 7.50. The van der Waals surface area contributed by atoms with Crippen LogP contribution in [0.1, 0.15) is 57.9 Å². The molecule has 0 radical (unpaired) electrons. The van der Waals surface area contributed by atoms with Gasteiger partial charge in [0.2, 0.25) is 5.91 Å². The van der Waals surface area contributed by atoms with E-state index in [-0.39, 0.29) is 17.9 Å². The van der Waals surface area contributed by atoms with Gasteiger partial charge in [-0.2, -0.15) is 0 Å². The summed E-state index contributed by atoms with van der Waals surface area (Å²) >= 11 is 0. The van der Waals surface area contributed by atoms with Crippen molar-refractivity contribution in [2.45, 2.75) is 64.5 Å². The molecule has 142 valence electrons. The van der Waals surface area contributed by atoms with Crippen molar-refractivity contribution in [1.82, 2.24) is 10.2 Å². The lowest BCUT2D eigenvalue weighted by atomic mass is 10.0. The van der Waals surface area contributed by atoms with Gasteiger partial charge in [0, 0.05) is 25.0 Å². The number of para-hydroxylation sites is 1. The van der Waals surface area contributed by atoms with Gasteiger partial charge < -0.3 is 15.0 Å². The summed E-state index contributed by atoms with van der Waals surface area (Å²) in [5.74, 6) is 1.60. The molecule has 0 aromatic heterocycles. The quantitative estimate of drug-likeness (QED) is 0.850. The number of benzene rings is 1. The Balaban J connectivity index is 1.48. The Bertz CT molecular complexity index is 646. The molecule has 5 nitrogen and oxygen atoms in total. The van der Waals surface area contributed by atoms with Crippen molar-refractivity contribution in [3.63, 3.8) is 0 Å². The number of likely N-dealkylation sites (tertiary alicyclic amines) is 1. The smallest absolute Gasteiger partial charge is 0.260 e. The van der Waals surface area contributed by atoms with Crippen LogP contribution in [0.3, 0.4) is 0 Å². The summed E-state index contributed by atoms with van der Waals surface area (Å²) in [7, 11) is 0. The molecular formula is C21H30N2O3. The van der Waals surface area contributed by atoms with Gasteiger partial charge in [0.25, 0.3) is 5.91 Å². The fourth-order valence-corrected chi connectivity index (χ4v) is 3.46. The largest absolute Gasteiger partial charge is 0.481 e. The molecule has 1 aliphatic heterocycles. The first-order chi connectivity index (χ1) is 12.5. The zero-order valence-electron chi connectivity index (χ0n) is 16.0. The van der Waals surface area contributed by atoms with Crippen molar-refractivity contribution in [2.75, 3.05) is 13.1 Å². The minimum Gasteiger partial charge on any atom is -0.481 e. The Hall–Kier alpha value is -2.04. The number of rotatable bonds is 6. The topological polar surface area (TPSA) is 58.6 Å². The molecule has 3 rings (SSSR count). The maximum atomic E-state index is 12.5. The van der Waals surface area contributed by atoms with Crippen LogP contribution in [-0.4, -0.2) is 41.9 Å². The van der Waals surface area contributed by atoms with Crippen molar-refractivity contribution in [2.24, 2.45) is 5.92 Å². The predicted octanol–water partition coefficient (Wildman–Crippen LogP) is 3.09. The third-order valence-electron chi connectivity index (χ3n) is 5.29. The second kappa shape index (κ2) is 8.11. The molecule has 1 aromatic carbocycles. The molecule has 1 aromatic rings. The van der Waals surface area contributed by atoms with Crippen molar-refractivity contribution in [1.29, 1.82) is 0 Å². The summed E-state index contributed by atoms with van der Waals surface area (Å²) in [5, 5.41) is 3.09. The molecule has 1 aliphatic carbocycles. The van der Waals surface area contributed by atoms with E-state index in [2.05, 4.69) is 19.2 Å². The lowest BCUT2D eigenvalue weighted by Crippen LogP contribution is -2.49. The summed E-state index contributed by atoms with van der Waals surface area (Å²) in [6, 6.07) is 8.00. The van der Waals surface area contributed by atoms with E-state index in [0.717, 1.165) is 50.1 Å². The summed E-state index contributed by atoms with van der Waals surface area (Å²) in [5.41, 5.74) is 1.11. The average Bonchev–Trinajstić information content (AvgIpc) is 3.47. The van der Waals surface area contributed by atoms with Gasteiger partial charge in [0.05, 0.1) is 0 Å². The van der Waals surface area contributed by atoms with E-state index in [4.69, 9.17) is 4.74 Å². The normalized spacial score (nSPS) is 19.3. The minimum absolute atomic E-state index is 0.0875. The van der Waals surface area contributed by atoms with E-state index in [9.17, 15) is 9.59 Å². The molecule has 1 saturated carbocycles. The molecule has 1 N–H and O–H groups in total. The summed E-state index contributed by atoms with van der Waals surface area (Å²) < 4.78 is 5.93. The number of carbonyl (C=O) groups is 2. The first kappa shape index (κ1) is 18.7. The van der Waals surface area contributed by atoms with Crippen LogP contribution >= 0.6 is 0 Å². The second-order valence-electron chi connectivity index (χ2n) is 7.84. The van der Waals surface area contributed by atoms with E-state index >= 15 is 0 Å². The predicted molar refractivity (Wildman–Crippen MR) is 101 cm³/mol. The number of carbonyl (C=O) groups excluding carboxylic acids is 2. The number of hydrogen-bond acceptors (Lipinski definition) is 3. The molecule has 2 fully saturated rings. The molecule has 1 saturated heterocycles. The van der Waals surface area contributed by atoms with Crippen molar-refractivity contribution in [3.05, 3.63) is 29.8 Å². The molecule has 0 bridgehead atoms. The highest BCUT2D eigenvalue weighted by Gasteiger charge is 2.35. The number of nitrogens with zero attached hydrogens (tertiary/aromatic N) is 1. The molecule has 1 atom stereocenters. The molecule has 1 unspecified atom stereocenters. The van der Waals surface area contributed by atoms with Gasteiger partial charge in [-0.15, -0.1) is 0 Å². The van der Waals surface area contributed by atoms with Crippen LogP contribution in [0.25, 0.3) is 0 Å². The Morgan fingerprint density at radius 1 is 1.08 bits per heavy atom. The monoisotopic (exact) mass is 358 g/mol. The van der Waals surface area contributed by atoms with Gasteiger partial charge in [-0.25, -0.2) is 0 Å². The maximum Gasteiger partial charge on any atom is 0.260 e. The Kier molecular flexibility index (Phi) is 5.84. The van der Waals surface area contributed by atoms with Crippen LogP contribution < -0.4 is 10.1 Å². The summed E-state index contributed by atoms with van der Waals surface area (Å²) in [4.78, 5) is 26.6. The van der Waals surface area contributed by atoms with E-state index in [1.165, 1.54) is 0 Å². The third kappa shape index (κ3) is 4.57. The van der Waals surface area contributed by atoms with E-state index in [1.54, 1.807) is 6.92 Å². The van der Waals surface area contributed by atoms with Crippen molar-refractivity contribution in [3.8, 4) is 5.75 Å². The van der Waals surface area contributed by atoms with Crippen molar-refractivity contribution < 1.29 is 14.3 Å². The van der Waals surface area contributed by atoms with Gasteiger partial charge in [-0.05, 0) is 50.2 Å². The van der Waals surface area contributed by atoms with E-state index < -0.39 is 6.10 Å². The lowest BCUT2D eigenvalue weighted by molar-refractivity contribution is -0.134. The zero-order valence-corrected chi connectivity index (χ0v) is 16.0. The fraction of sp³-hybridized carbons (Fsp3) is 0.619. The highest BCUT2D eigenvalue weighted by atomic mass is 16.5. The Morgan fingerprint density at radius 2 is 1.73 bits per heavy atom.